The number of hydrogen-bond acceptors (Lipinski definition) is 4. The number of nitrogens with zero attached hydrogens (tertiary/aromatic N) is 1. The summed E-state index contributed by atoms with van der Waals surface area (Å²) in [6.45, 7) is 1.43. The van der Waals surface area contributed by atoms with Crippen LogP contribution in [0, 0.1) is 0 Å². The molecule has 3 aromatic rings. The van der Waals surface area contributed by atoms with Gasteiger partial charge in [-0.15, -0.1) is 0 Å². The second kappa shape index (κ2) is 8.33. The van der Waals surface area contributed by atoms with Gasteiger partial charge in [0.2, 0.25) is 5.91 Å². The van der Waals surface area contributed by atoms with E-state index in [0.717, 1.165) is 5.69 Å². The van der Waals surface area contributed by atoms with E-state index < -0.39 is 0 Å². The first-order valence-corrected chi connectivity index (χ1v) is 8.55. The minimum absolute atomic E-state index is 0.180. The van der Waals surface area contributed by atoms with E-state index in [-0.39, 0.29) is 11.8 Å². The average Bonchev–Trinajstić information content (AvgIpc) is 2.64. The highest BCUT2D eigenvalue weighted by Gasteiger charge is 2.09. The maximum atomic E-state index is 12.5. The fraction of sp³-hybridized carbons (Fsp3) is 0.0500. The van der Waals surface area contributed by atoms with Crippen LogP contribution in [-0.4, -0.2) is 16.8 Å². The zero-order valence-electron chi connectivity index (χ0n) is 14.5. The summed E-state index contributed by atoms with van der Waals surface area (Å²) >= 11 is 6.14. The molecule has 2 aromatic carbocycles. The van der Waals surface area contributed by atoms with Crippen LogP contribution in [0.4, 0.5) is 22.7 Å². The number of benzene rings is 2. The van der Waals surface area contributed by atoms with Crippen molar-refractivity contribution in [2.45, 2.75) is 6.92 Å². The molecule has 0 atom stereocenters. The number of amides is 2. The van der Waals surface area contributed by atoms with Gasteiger partial charge in [0.05, 0.1) is 28.2 Å². The lowest BCUT2D eigenvalue weighted by atomic mass is 10.2. The summed E-state index contributed by atoms with van der Waals surface area (Å²) in [5.41, 5.74) is 2.92. The maximum absolute atomic E-state index is 12.5. The molecule has 7 heteroatoms. The predicted molar refractivity (Wildman–Crippen MR) is 108 cm³/mol. The van der Waals surface area contributed by atoms with Gasteiger partial charge in [0.15, 0.2) is 0 Å². The number of carbonyl (C=O) groups is 2. The summed E-state index contributed by atoms with van der Waals surface area (Å²) in [6.07, 6.45) is 3.09. The summed E-state index contributed by atoms with van der Waals surface area (Å²) in [5, 5.41) is 9.18. The Hall–Kier alpha value is -3.38. The van der Waals surface area contributed by atoms with Crippen LogP contribution in [0.5, 0.6) is 0 Å². The number of rotatable bonds is 5. The minimum atomic E-state index is -0.315. The van der Waals surface area contributed by atoms with Crippen molar-refractivity contribution in [3.63, 3.8) is 0 Å². The minimum Gasteiger partial charge on any atom is -0.353 e. The molecule has 0 aliphatic rings. The van der Waals surface area contributed by atoms with Gasteiger partial charge < -0.3 is 16.0 Å². The standard InChI is InChI=1S/C20H17ClN4O2/c1-13(26)23-15-5-4-6-16(10-15)25-20(27)14-9-17(12-22-11-14)24-19-8-3-2-7-18(19)21/h2-12,24H,1H3,(H,23,26)(H,25,27). The molecule has 2 amide bonds. The molecular formula is C20H17ClN4O2. The first kappa shape index (κ1) is 18.4. The van der Waals surface area contributed by atoms with E-state index in [1.807, 2.05) is 18.2 Å². The normalized spacial score (nSPS) is 10.1. The molecule has 136 valence electrons. The van der Waals surface area contributed by atoms with Crippen molar-refractivity contribution in [3.05, 3.63) is 77.6 Å². The van der Waals surface area contributed by atoms with Gasteiger partial charge in [0.25, 0.3) is 5.91 Å². The molecule has 0 aliphatic heterocycles. The number of aromatic nitrogens is 1. The highest BCUT2D eigenvalue weighted by Crippen LogP contribution is 2.25. The van der Waals surface area contributed by atoms with Crippen molar-refractivity contribution in [1.82, 2.24) is 4.98 Å². The second-order valence-corrected chi connectivity index (χ2v) is 6.19. The van der Waals surface area contributed by atoms with Crippen molar-refractivity contribution in [2.24, 2.45) is 0 Å². The lowest BCUT2D eigenvalue weighted by Gasteiger charge is -2.10. The monoisotopic (exact) mass is 380 g/mol. The predicted octanol–water partition coefficient (Wildman–Crippen LogP) is 4.69. The number of carbonyl (C=O) groups excluding carboxylic acids is 2. The van der Waals surface area contributed by atoms with E-state index in [2.05, 4.69) is 20.9 Å². The highest BCUT2D eigenvalue weighted by atomic mass is 35.5. The van der Waals surface area contributed by atoms with Crippen LogP contribution < -0.4 is 16.0 Å². The van der Waals surface area contributed by atoms with Gasteiger partial charge in [0, 0.05) is 24.5 Å². The molecule has 0 spiro atoms. The van der Waals surface area contributed by atoms with Crippen molar-refractivity contribution in [1.29, 1.82) is 0 Å². The molecule has 3 rings (SSSR count). The van der Waals surface area contributed by atoms with E-state index in [4.69, 9.17) is 11.6 Å². The number of pyridine rings is 1. The third kappa shape index (κ3) is 5.05. The van der Waals surface area contributed by atoms with Crippen molar-refractivity contribution in [2.75, 3.05) is 16.0 Å². The third-order valence-corrected chi connectivity index (χ3v) is 3.92. The second-order valence-electron chi connectivity index (χ2n) is 5.78. The fourth-order valence-corrected chi connectivity index (χ4v) is 2.61. The molecular weight excluding hydrogens is 364 g/mol. The molecule has 0 unspecified atom stereocenters. The SMILES string of the molecule is CC(=O)Nc1cccc(NC(=O)c2cncc(Nc3ccccc3Cl)c2)c1. The number of nitrogens with one attached hydrogen (secondary N) is 3. The zero-order valence-corrected chi connectivity index (χ0v) is 15.2. The molecule has 0 saturated heterocycles. The molecule has 0 fully saturated rings. The quantitative estimate of drug-likeness (QED) is 0.599. The third-order valence-electron chi connectivity index (χ3n) is 3.59. The van der Waals surface area contributed by atoms with Crippen molar-refractivity contribution in [3.8, 4) is 0 Å². The molecule has 0 aliphatic carbocycles. The van der Waals surface area contributed by atoms with Gasteiger partial charge in [-0.1, -0.05) is 29.8 Å². The van der Waals surface area contributed by atoms with E-state index in [0.29, 0.717) is 27.6 Å². The Morgan fingerprint density at radius 1 is 0.889 bits per heavy atom. The fourth-order valence-electron chi connectivity index (χ4n) is 2.43. The van der Waals surface area contributed by atoms with E-state index in [1.54, 1.807) is 42.6 Å². The molecule has 1 heterocycles. The smallest absolute Gasteiger partial charge is 0.257 e. The highest BCUT2D eigenvalue weighted by molar-refractivity contribution is 6.33. The van der Waals surface area contributed by atoms with Crippen LogP contribution in [0.2, 0.25) is 5.02 Å². The first-order chi connectivity index (χ1) is 13.0. The maximum Gasteiger partial charge on any atom is 0.257 e. The lowest BCUT2D eigenvalue weighted by Crippen LogP contribution is -2.13. The van der Waals surface area contributed by atoms with Gasteiger partial charge in [-0.3, -0.25) is 14.6 Å². The Balaban J connectivity index is 1.74. The average molecular weight is 381 g/mol. The van der Waals surface area contributed by atoms with Crippen LogP contribution in [0.15, 0.2) is 67.0 Å². The summed E-state index contributed by atoms with van der Waals surface area (Å²) in [4.78, 5) is 27.8. The van der Waals surface area contributed by atoms with E-state index >= 15 is 0 Å². The van der Waals surface area contributed by atoms with Crippen LogP contribution in [0.1, 0.15) is 17.3 Å². The number of halogens is 1. The molecule has 6 nitrogen and oxygen atoms in total. The molecule has 3 N–H and O–H groups in total. The van der Waals surface area contributed by atoms with Gasteiger partial charge in [-0.2, -0.15) is 0 Å². The summed E-state index contributed by atoms with van der Waals surface area (Å²) in [5.74, 6) is -0.494. The van der Waals surface area contributed by atoms with Crippen LogP contribution in [0.25, 0.3) is 0 Å². The summed E-state index contributed by atoms with van der Waals surface area (Å²) in [7, 11) is 0. The van der Waals surface area contributed by atoms with Gasteiger partial charge in [-0.05, 0) is 36.4 Å². The van der Waals surface area contributed by atoms with Crippen LogP contribution in [0.3, 0.4) is 0 Å². The Bertz CT molecular complexity index is 991. The van der Waals surface area contributed by atoms with Gasteiger partial charge in [-0.25, -0.2) is 0 Å². The van der Waals surface area contributed by atoms with Crippen LogP contribution >= 0.6 is 11.6 Å². The van der Waals surface area contributed by atoms with E-state index in [1.165, 1.54) is 13.1 Å². The Morgan fingerprint density at radius 3 is 2.37 bits per heavy atom. The number of para-hydroxylation sites is 1. The Kier molecular flexibility index (Phi) is 5.68. The molecule has 0 saturated carbocycles. The topological polar surface area (TPSA) is 83.1 Å². The zero-order chi connectivity index (χ0) is 19.2. The Labute approximate surface area is 161 Å². The molecule has 0 bridgehead atoms. The molecule has 0 radical (unpaired) electrons. The largest absolute Gasteiger partial charge is 0.353 e. The lowest BCUT2D eigenvalue weighted by molar-refractivity contribution is -0.114. The van der Waals surface area contributed by atoms with Crippen molar-refractivity contribution >= 4 is 46.2 Å². The first-order valence-electron chi connectivity index (χ1n) is 8.17. The molecule has 1 aromatic heterocycles. The van der Waals surface area contributed by atoms with Crippen LogP contribution in [-0.2, 0) is 4.79 Å². The summed E-state index contributed by atoms with van der Waals surface area (Å²) in [6, 6.07) is 15.9. The molecule has 27 heavy (non-hydrogen) atoms. The van der Waals surface area contributed by atoms with E-state index in [9.17, 15) is 9.59 Å². The van der Waals surface area contributed by atoms with Gasteiger partial charge >= 0.3 is 0 Å². The number of anilines is 4. The van der Waals surface area contributed by atoms with Crippen molar-refractivity contribution < 1.29 is 9.59 Å². The Morgan fingerprint density at radius 2 is 1.63 bits per heavy atom. The summed E-state index contributed by atoms with van der Waals surface area (Å²) < 4.78 is 0. The number of hydrogen-bond donors (Lipinski definition) is 3. The van der Waals surface area contributed by atoms with Gasteiger partial charge in [0.1, 0.15) is 0 Å².